The molecule has 0 saturated carbocycles. The molecule has 0 unspecified atom stereocenters. The summed E-state index contributed by atoms with van der Waals surface area (Å²) in [4.78, 5) is 0. The van der Waals surface area contributed by atoms with Gasteiger partial charge in [0.1, 0.15) is 5.82 Å². The third-order valence-corrected chi connectivity index (χ3v) is 3.88. The maximum atomic E-state index is 13.9. The number of nitrogens with zero attached hydrogens (tertiary/aromatic N) is 1. The Balaban J connectivity index is 2.09. The van der Waals surface area contributed by atoms with Crippen LogP contribution in [0.5, 0.6) is 0 Å². The number of fused-ring (bicyclic) bond motifs is 1. The molecule has 0 aliphatic rings. The summed E-state index contributed by atoms with van der Waals surface area (Å²) in [6, 6.07) is 12.7. The van der Waals surface area contributed by atoms with Crippen LogP contribution in [0.4, 0.5) is 4.39 Å². The Kier molecular flexibility index (Phi) is 3.59. The fourth-order valence-electron chi connectivity index (χ4n) is 2.45. The van der Waals surface area contributed by atoms with E-state index in [2.05, 4.69) is 15.9 Å². The summed E-state index contributed by atoms with van der Waals surface area (Å²) >= 11 is 3.36. The van der Waals surface area contributed by atoms with Gasteiger partial charge in [-0.25, -0.2) is 4.39 Å². The summed E-state index contributed by atoms with van der Waals surface area (Å²) in [5.41, 5.74) is 2.42. The smallest absolute Gasteiger partial charge is 0.128 e. The monoisotopic (exact) mass is 333 g/mol. The largest absolute Gasteiger partial charge is 0.392 e. The van der Waals surface area contributed by atoms with Crippen LogP contribution in [-0.2, 0) is 13.2 Å². The first-order chi connectivity index (χ1) is 9.69. The number of hydrogen-bond donors (Lipinski definition) is 1. The standard InChI is InChI=1S/C16H13BrFNO/c17-14-4-5-15(18)13(8-14)9-19-7-6-11-2-1-3-12(10-20)16(11)19/h1-8,20H,9-10H2. The molecule has 0 saturated heterocycles. The van der Waals surface area contributed by atoms with E-state index in [0.29, 0.717) is 12.1 Å². The average Bonchev–Trinajstić information content (AvgIpc) is 2.86. The Morgan fingerprint density at radius 3 is 2.75 bits per heavy atom. The van der Waals surface area contributed by atoms with Gasteiger partial charge in [-0.2, -0.15) is 0 Å². The van der Waals surface area contributed by atoms with Crippen molar-refractivity contribution in [1.82, 2.24) is 4.57 Å². The van der Waals surface area contributed by atoms with E-state index in [1.165, 1.54) is 6.07 Å². The van der Waals surface area contributed by atoms with E-state index < -0.39 is 0 Å². The van der Waals surface area contributed by atoms with Crippen molar-refractivity contribution in [2.75, 3.05) is 0 Å². The number of aromatic nitrogens is 1. The van der Waals surface area contributed by atoms with Crippen molar-refractivity contribution in [3.8, 4) is 0 Å². The van der Waals surface area contributed by atoms with Crippen LogP contribution >= 0.6 is 15.9 Å². The van der Waals surface area contributed by atoms with Crippen molar-refractivity contribution < 1.29 is 9.50 Å². The van der Waals surface area contributed by atoms with Crippen LogP contribution in [0.25, 0.3) is 10.9 Å². The first-order valence-electron chi connectivity index (χ1n) is 6.30. The van der Waals surface area contributed by atoms with Crippen molar-refractivity contribution >= 4 is 26.8 Å². The number of aliphatic hydroxyl groups excluding tert-OH is 1. The Labute approximate surface area is 124 Å². The predicted molar refractivity (Wildman–Crippen MR) is 81.1 cm³/mol. The number of benzene rings is 2. The third-order valence-electron chi connectivity index (χ3n) is 3.39. The van der Waals surface area contributed by atoms with Crippen LogP contribution in [0, 0.1) is 5.82 Å². The van der Waals surface area contributed by atoms with E-state index in [4.69, 9.17) is 0 Å². The molecule has 1 N–H and O–H groups in total. The molecule has 0 aliphatic heterocycles. The number of aliphatic hydroxyl groups is 1. The summed E-state index contributed by atoms with van der Waals surface area (Å²) in [7, 11) is 0. The minimum Gasteiger partial charge on any atom is -0.392 e. The highest BCUT2D eigenvalue weighted by atomic mass is 79.9. The van der Waals surface area contributed by atoms with Gasteiger partial charge in [0.15, 0.2) is 0 Å². The number of rotatable bonds is 3. The van der Waals surface area contributed by atoms with Gasteiger partial charge in [0, 0.05) is 21.8 Å². The summed E-state index contributed by atoms with van der Waals surface area (Å²) in [5.74, 6) is -0.225. The molecule has 0 radical (unpaired) electrons. The van der Waals surface area contributed by atoms with Crippen molar-refractivity contribution in [2.24, 2.45) is 0 Å². The second-order valence-corrected chi connectivity index (χ2v) is 5.61. The van der Waals surface area contributed by atoms with E-state index in [1.807, 2.05) is 35.0 Å². The highest BCUT2D eigenvalue weighted by Crippen LogP contribution is 2.23. The van der Waals surface area contributed by atoms with Crippen LogP contribution < -0.4 is 0 Å². The summed E-state index contributed by atoms with van der Waals surface area (Å²) < 4.78 is 16.7. The molecule has 2 nitrogen and oxygen atoms in total. The molecule has 1 aromatic heterocycles. The quantitative estimate of drug-likeness (QED) is 0.767. The number of halogens is 2. The fraction of sp³-hybridized carbons (Fsp3) is 0.125. The minimum atomic E-state index is -0.225. The average molecular weight is 334 g/mol. The second-order valence-electron chi connectivity index (χ2n) is 4.69. The lowest BCUT2D eigenvalue weighted by Crippen LogP contribution is -2.02. The van der Waals surface area contributed by atoms with E-state index in [9.17, 15) is 9.50 Å². The van der Waals surface area contributed by atoms with E-state index in [1.54, 1.807) is 12.1 Å². The van der Waals surface area contributed by atoms with E-state index in [-0.39, 0.29) is 12.4 Å². The SMILES string of the molecule is OCc1cccc2ccn(Cc3cc(Br)ccc3F)c12. The molecule has 0 bridgehead atoms. The van der Waals surface area contributed by atoms with Gasteiger partial charge >= 0.3 is 0 Å². The van der Waals surface area contributed by atoms with Gasteiger partial charge in [0.05, 0.1) is 18.7 Å². The molecule has 3 rings (SSSR count). The van der Waals surface area contributed by atoms with Gasteiger partial charge in [-0.1, -0.05) is 34.1 Å². The van der Waals surface area contributed by atoms with Crippen molar-refractivity contribution in [3.05, 3.63) is 70.1 Å². The van der Waals surface area contributed by atoms with Crippen LogP contribution in [0.2, 0.25) is 0 Å². The van der Waals surface area contributed by atoms with Crippen LogP contribution in [0.15, 0.2) is 53.1 Å². The summed E-state index contributed by atoms with van der Waals surface area (Å²) in [6.45, 7) is 0.411. The first kappa shape index (κ1) is 13.3. The lowest BCUT2D eigenvalue weighted by Gasteiger charge is -2.10. The lowest BCUT2D eigenvalue weighted by atomic mass is 10.1. The van der Waals surface area contributed by atoms with Crippen molar-refractivity contribution in [3.63, 3.8) is 0 Å². The first-order valence-corrected chi connectivity index (χ1v) is 7.10. The van der Waals surface area contributed by atoms with Crippen molar-refractivity contribution in [1.29, 1.82) is 0 Å². The normalized spacial score (nSPS) is 11.2. The minimum absolute atomic E-state index is 0.0255. The van der Waals surface area contributed by atoms with Gasteiger partial charge in [0.2, 0.25) is 0 Å². The van der Waals surface area contributed by atoms with E-state index >= 15 is 0 Å². The molecular formula is C16H13BrFNO. The summed E-state index contributed by atoms with van der Waals surface area (Å²) in [6.07, 6.45) is 1.92. The second kappa shape index (κ2) is 5.38. The topological polar surface area (TPSA) is 25.2 Å². The molecule has 20 heavy (non-hydrogen) atoms. The molecule has 2 aromatic carbocycles. The molecule has 0 spiro atoms. The predicted octanol–water partition coefficient (Wildman–Crippen LogP) is 4.08. The maximum absolute atomic E-state index is 13.9. The van der Waals surface area contributed by atoms with Crippen molar-refractivity contribution in [2.45, 2.75) is 13.2 Å². The molecule has 4 heteroatoms. The van der Waals surface area contributed by atoms with Gasteiger partial charge in [-0.3, -0.25) is 0 Å². The van der Waals surface area contributed by atoms with Gasteiger partial charge < -0.3 is 9.67 Å². The maximum Gasteiger partial charge on any atom is 0.128 e. The highest BCUT2D eigenvalue weighted by molar-refractivity contribution is 9.10. The van der Waals surface area contributed by atoms with Gasteiger partial charge in [-0.15, -0.1) is 0 Å². The molecule has 0 fully saturated rings. The van der Waals surface area contributed by atoms with Crippen LogP contribution in [0.1, 0.15) is 11.1 Å². The van der Waals surface area contributed by atoms with Gasteiger partial charge in [0.25, 0.3) is 0 Å². The molecule has 3 aromatic rings. The lowest BCUT2D eigenvalue weighted by molar-refractivity contribution is 0.283. The summed E-state index contributed by atoms with van der Waals surface area (Å²) in [5, 5.41) is 10.5. The fourth-order valence-corrected chi connectivity index (χ4v) is 2.86. The van der Waals surface area contributed by atoms with Crippen LogP contribution in [-0.4, -0.2) is 9.67 Å². The highest BCUT2D eigenvalue weighted by Gasteiger charge is 2.09. The number of hydrogen-bond acceptors (Lipinski definition) is 1. The molecule has 102 valence electrons. The van der Waals surface area contributed by atoms with Crippen LogP contribution in [0.3, 0.4) is 0 Å². The Morgan fingerprint density at radius 2 is 1.95 bits per heavy atom. The molecular weight excluding hydrogens is 321 g/mol. The third kappa shape index (κ3) is 2.37. The molecule has 0 aliphatic carbocycles. The molecule has 0 atom stereocenters. The molecule has 0 amide bonds. The zero-order chi connectivity index (χ0) is 14.1. The molecule has 1 heterocycles. The number of para-hydroxylation sites is 1. The Morgan fingerprint density at radius 1 is 1.10 bits per heavy atom. The van der Waals surface area contributed by atoms with Gasteiger partial charge in [-0.05, 0) is 29.7 Å². The zero-order valence-corrected chi connectivity index (χ0v) is 12.3. The Bertz CT molecular complexity index is 766. The zero-order valence-electron chi connectivity index (χ0n) is 10.7. The Hall–Kier alpha value is -1.65. The van der Waals surface area contributed by atoms with E-state index in [0.717, 1.165) is 20.9 Å².